The van der Waals surface area contributed by atoms with Gasteiger partial charge in [0.05, 0.1) is 0 Å². The van der Waals surface area contributed by atoms with E-state index < -0.39 is 0 Å². The highest BCUT2D eigenvalue weighted by Crippen LogP contribution is 2.38. The smallest absolute Gasteiger partial charge is 0.0384 e. The molecule has 0 saturated carbocycles. The molecule has 0 radical (unpaired) electrons. The molecule has 232 valence electrons. The van der Waals surface area contributed by atoms with Gasteiger partial charge in [-0.15, -0.1) is 0 Å². The molecule has 1 nitrogen and oxygen atoms in total. The first-order chi connectivity index (χ1) is 24.3. The molecule has 0 aromatic heterocycles. The summed E-state index contributed by atoms with van der Waals surface area (Å²) in [5.74, 6) is 0. The lowest BCUT2D eigenvalue weighted by atomic mass is 9.91. The summed E-state index contributed by atoms with van der Waals surface area (Å²) in [6.07, 6.45) is 0. The van der Waals surface area contributed by atoms with Crippen LogP contribution in [0, 0.1) is 0 Å². The maximum Gasteiger partial charge on any atom is 0.0384 e. The van der Waals surface area contributed by atoms with Crippen molar-refractivity contribution in [1.29, 1.82) is 0 Å². The zero-order valence-corrected chi connectivity index (χ0v) is 27.1. The molecule has 0 atom stereocenters. The van der Waals surface area contributed by atoms with Crippen LogP contribution >= 0.6 is 0 Å². The van der Waals surface area contributed by atoms with Crippen molar-refractivity contribution in [2.24, 2.45) is 0 Å². The minimum absolute atomic E-state index is 1.05. The van der Waals surface area contributed by atoms with Gasteiger partial charge in [-0.3, -0.25) is 0 Å². The molecule has 0 amide bonds. The number of nitrogens with one attached hydrogen (secondary N) is 1. The summed E-state index contributed by atoms with van der Waals surface area (Å²) < 4.78 is 0. The molecule has 0 aliphatic carbocycles. The van der Waals surface area contributed by atoms with Crippen LogP contribution in [0.3, 0.4) is 0 Å². The standard InChI is InChI=1S/C48H35N/c1-5-13-37(14-6-1)45-31-25-41(33-47(45)39-17-9-3-10-18-39)35-21-27-43(28-22-35)49-44-29-23-36(24-30-44)42-26-32-46(38-15-7-2-8-16-38)48(34-42)40-19-11-4-12-20-40/h1-34,49H. The van der Waals surface area contributed by atoms with E-state index in [2.05, 4.69) is 212 Å². The molecule has 49 heavy (non-hydrogen) atoms. The van der Waals surface area contributed by atoms with Crippen LogP contribution in [0.15, 0.2) is 206 Å². The van der Waals surface area contributed by atoms with E-state index in [0.29, 0.717) is 0 Å². The first-order valence-electron chi connectivity index (χ1n) is 16.8. The molecule has 0 heterocycles. The molecule has 0 bridgehead atoms. The van der Waals surface area contributed by atoms with Crippen molar-refractivity contribution in [3.63, 3.8) is 0 Å². The van der Waals surface area contributed by atoms with Crippen LogP contribution in [0.5, 0.6) is 0 Å². The Bertz CT molecular complexity index is 2120. The second-order valence-corrected chi connectivity index (χ2v) is 12.3. The van der Waals surface area contributed by atoms with Crippen LogP contribution < -0.4 is 5.32 Å². The fraction of sp³-hybridized carbons (Fsp3) is 0. The van der Waals surface area contributed by atoms with Gasteiger partial charge < -0.3 is 5.32 Å². The summed E-state index contributed by atoms with van der Waals surface area (Å²) in [6.45, 7) is 0. The lowest BCUT2D eigenvalue weighted by molar-refractivity contribution is 1.52. The predicted molar refractivity (Wildman–Crippen MR) is 209 cm³/mol. The van der Waals surface area contributed by atoms with Crippen molar-refractivity contribution >= 4 is 11.4 Å². The van der Waals surface area contributed by atoms with Crippen LogP contribution in [-0.4, -0.2) is 0 Å². The van der Waals surface area contributed by atoms with Crippen LogP contribution in [0.25, 0.3) is 66.8 Å². The topological polar surface area (TPSA) is 12.0 Å². The summed E-state index contributed by atoms with van der Waals surface area (Å²) in [4.78, 5) is 0. The van der Waals surface area contributed by atoms with Gasteiger partial charge in [0.2, 0.25) is 0 Å². The maximum atomic E-state index is 3.60. The molecular formula is C48H35N. The first-order valence-corrected chi connectivity index (χ1v) is 16.8. The zero-order valence-electron chi connectivity index (χ0n) is 27.1. The van der Waals surface area contributed by atoms with Crippen LogP contribution in [0.2, 0.25) is 0 Å². The van der Waals surface area contributed by atoms with E-state index in [-0.39, 0.29) is 0 Å². The minimum atomic E-state index is 1.05. The van der Waals surface area contributed by atoms with Crippen molar-refractivity contribution in [3.8, 4) is 66.8 Å². The van der Waals surface area contributed by atoms with Gasteiger partial charge in [-0.1, -0.05) is 170 Å². The zero-order chi connectivity index (χ0) is 32.8. The average molecular weight is 626 g/mol. The molecule has 8 aromatic carbocycles. The highest BCUT2D eigenvalue weighted by molar-refractivity contribution is 5.88. The van der Waals surface area contributed by atoms with Gasteiger partial charge in [0.25, 0.3) is 0 Å². The fourth-order valence-corrected chi connectivity index (χ4v) is 6.56. The van der Waals surface area contributed by atoms with Gasteiger partial charge in [0.15, 0.2) is 0 Å². The molecule has 0 aliphatic heterocycles. The lowest BCUT2D eigenvalue weighted by Crippen LogP contribution is -1.91. The Balaban J connectivity index is 1.03. The van der Waals surface area contributed by atoms with Crippen molar-refractivity contribution in [3.05, 3.63) is 206 Å². The van der Waals surface area contributed by atoms with E-state index in [9.17, 15) is 0 Å². The Hall–Kier alpha value is -6.44. The Kier molecular flexibility index (Phi) is 8.39. The van der Waals surface area contributed by atoms with Crippen molar-refractivity contribution < 1.29 is 0 Å². The van der Waals surface area contributed by atoms with E-state index in [1.54, 1.807) is 0 Å². The molecule has 1 heteroatoms. The number of anilines is 2. The Morgan fingerprint density at radius 3 is 0.816 bits per heavy atom. The second-order valence-electron chi connectivity index (χ2n) is 12.3. The second kappa shape index (κ2) is 13.7. The van der Waals surface area contributed by atoms with Crippen LogP contribution in [0.1, 0.15) is 0 Å². The third-order valence-electron chi connectivity index (χ3n) is 9.10. The molecule has 0 spiro atoms. The van der Waals surface area contributed by atoms with Gasteiger partial charge in [-0.25, -0.2) is 0 Å². The SMILES string of the molecule is c1ccc(-c2ccc(-c3ccc(Nc4ccc(-c5ccc(-c6ccccc6)c(-c6ccccc6)c5)cc4)cc3)cc2-c2ccccc2)cc1. The number of hydrogen-bond donors (Lipinski definition) is 1. The lowest BCUT2D eigenvalue weighted by Gasteiger charge is -2.14. The fourth-order valence-electron chi connectivity index (χ4n) is 6.56. The summed E-state index contributed by atoms with van der Waals surface area (Å²) in [6, 6.07) is 73.5. The van der Waals surface area contributed by atoms with E-state index in [1.807, 2.05) is 0 Å². The van der Waals surface area contributed by atoms with Gasteiger partial charge in [-0.2, -0.15) is 0 Å². The summed E-state index contributed by atoms with van der Waals surface area (Å²) in [5.41, 5.74) is 16.7. The summed E-state index contributed by atoms with van der Waals surface area (Å²) >= 11 is 0. The number of hydrogen-bond acceptors (Lipinski definition) is 1. The maximum absolute atomic E-state index is 3.60. The minimum Gasteiger partial charge on any atom is -0.356 e. The Morgan fingerprint density at radius 1 is 0.204 bits per heavy atom. The molecular weight excluding hydrogens is 591 g/mol. The molecule has 8 aromatic rings. The van der Waals surface area contributed by atoms with Gasteiger partial charge >= 0.3 is 0 Å². The van der Waals surface area contributed by atoms with E-state index in [0.717, 1.165) is 11.4 Å². The third kappa shape index (κ3) is 6.56. The normalized spacial score (nSPS) is 10.9. The first kappa shape index (κ1) is 29.9. The van der Waals surface area contributed by atoms with Crippen molar-refractivity contribution in [1.82, 2.24) is 0 Å². The third-order valence-corrected chi connectivity index (χ3v) is 9.10. The quantitative estimate of drug-likeness (QED) is 0.177. The molecule has 8 rings (SSSR count). The van der Waals surface area contributed by atoms with Crippen LogP contribution in [0.4, 0.5) is 11.4 Å². The largest absolute Gasteiger partial charge is 0.356 e. The predicted octanol–water partition coefficient (Wildman–Crippen LogP) is 13.4. The van der Waals surface area contributed by atoms with Crippen molar-refractivity contribution in [2.75, 3.05) is 5.32 Å². The number of rotatable bonds is 8. The van der Waals surface area contributed by atoms with Gasteiger partial charge in [0, 0.05) is 11.4 Å². The molecule has 0 aliphatic rings. The Labute approximate surface area is 288 Å². The number of benzene rings is 8. The molecule has 0 fully saturated rings. The van der Waals surface area contributed by atoms with E-state index >= 15 is 0 Å². The van der Waals surface area contributed by atoms with Gasteiger partial charge in [0.1, 0.15) is 0 Å². The van der Waals surface area contributed by atoms with Crippen LogP contribution in [-0.2, 0) is 0 Å². The van der Waals surface area contributed by atoms with E-state index in [4.69, 9.17) is 0 Å². The molecule has 1 N–H and O–H groups in total. The highest BCUT2D eigenvalue weighted by atomic mass is 14.9. The summed E-state index contributed by atoms with van der Waals surface area (Å²) in [5, 5.41) is 3.60. The molecule has 0 unspecified atom stereocenters. The highest BCUT2D eigenvalue weighted by Gasteiger charge is 2.12. The van der Waals surface area contributed by atoms with E-state index in [1.165, 1.54) is 66.8 Å². The van der Waals surface area contributed by atoms with Crippen molar-refractivity contribution in [2.45, 2.75) is 0 Å². The van der Waals surface area contributed by atoms with Gasteiger partial charge in [-0.05, 0) is 103 Å². The Morgan fingerprint density at radius 2 is 0.490 bits per heavy atom. The monoisotopic (exact) mass is 625 g/mol. The molecule has 0 saturated heterocycles. The summed E-state index contributed by atoms with van der Waals surface area (Å²) in [7, 11) is 0. The average Bonchev–Trinajstić information content (AvgIpc) is 3.19.